The number of aryl methyl sites for hydroxylation is 12. The highest BCUT2D eigenvalue weighted by Crippen LogP contribution is 2.51. The van der Waals surface area contributed by atoms with Gasteiger partial charge in [0.1, 0.15) is 0 Å². The van der Waals surface area contributed by atoms with Crippen molar-refractivity contribution in [3.8, 4) is 22.3 Å². The number of fused-ring (bicyclic) bond motifs is 2. The molecule has 20 aromatic carbocycles. The second-order valence-corrected chi connectivity index (χ2v) is 38.1. The summed E-state index contributed by atoms with van der Waals surface area (Å²) in [5.74, 6) is 0. The van der Waals surface area contributed by atoms with Crippen LogP contribution >= 0.6 is 0 Å². The molecule has 0 spiro atoms. The highest BCUT2D eigenvalue weighted by atomic mass is 15.2. The summed E-state index contributed by atoms with van der Waals surface area (Å²) < 4.78 is 0. The summed E-state index contributed by atoms with van der Waals surface area (Å²) in [7, 11) is 0. The van der Waals surface area contributed by atoms with E-state index < -0.39 is 0 Å². The van der Waals surface area contributed by atoms with Gasteiger partial charge in [-0.25, -0.2) is 0 Å². The average molecular weight is 1830 g/mol. The molecule has 0 radical (unpaired) electrons. The van der Waals surface area contributed by atoms with E-state index in [1.165, 1.54) is 199 Å². The van der Waals surface area contributed by atoms with Crippen molar-refractivity contribution < 1.29 is 0 Å². The third kappa shape index (κ3) is 21.0. The van der Waals surface area contributed by atoms with Gasteiger partial charge in [-0.2, -0.15) is 0 Å². The van der Waals surface area contributed by atoms with Crippen LogP contribution in [0.3, 0.4) is 0 Å². The monoisotopic (exact) mass is 1830 g/mol. The molecule has 696 valence electrons. The summed E-state index contributed by atoms with van der Waals surface area (Å²) in [5.41, 5.74) is 43.7. The highest BCUT2D eigenvalue weighted by Gasteiger charge is 2.37. The summed E-state index contributed by atoms with van der Waals surface area (Å²) in [6.07, 6.45) is 6.15. The van der Waals surface area contributed by atoms with Crippen molar-refractivity contribution in [2.75, 3.05) is 29.4 Å². The summed E-state index contributed by atoms with van der Waals surface area (Å²) in [6, 6.07) is 168. The fourth-order valence-corrected chi connectivity index (χ4v) is 20.6. The van der Waals surface area contributed by atoms with Crippen LogP contribution in [0.4, 0.5) is 102 Å². The first-order valence-electron chi connectivity index (χ1n) is 49.4. The Balaban J connectivity index is 0.000000139. The molecule has 20 aromatic rings. The molecule has 1 fully saturated rings. The molecule has 0 amide bonds. The quantitative estimate of drug-likeness (QED) is 0.0669. The first kappa shape index (κ1) is 95.1. The Labute approximate surface area is 836 Å². The van der Waals surface area contributed by atoms with Crippen LogP contribution in [0.2, 0.25) is 0 Å². The van der Waals surface area contributed by atoms with E-state index in [1.54, 1.807) is 0 Å². The van der Waals surface area contributed by atoms with E-state index in [4.69, 9.17) is 0 Å². The fraction of sp³-hybridized carbons (Fsp3) is 0.141. The summed E-state index contributed by atoms with van der Waals surface area (Å²) in [6.45, 7) is 26.1. The van der Waals surface area contributed by atoms with Crippen molar-refractivity contribution in [1.82, 2.24) is 0 Å². The molecule has 0 saturated heterocycles. The van der Waals surface area contributed by atoms with Crippen LogP contribution in [0.15, 0.2) is 461 Å². The second-order valence-electron chi connectivity index (χ2n) is 38.1. The SMILES string of the molecule is C.Cc1cc(N(c2ccccc2)c2cccc3ccccc23)ccc1-c1ccc(N(c2ccccc2)c2cccc3ccccc23)cc1C.Cc1ccc(N(c2ccc(C)cc2)c2ccc(C3(c4ccc(N(c5ccc(C)cc5)c5ccc(C)cc5)cc4)CCCCC3)cc2)cc1.Cc1cccc(N(c2cccc(C)c2)c2ccc(-c3ccc(N(c4cccc(C)c4)c4cccc(C)c4)cc3C)c(C)c2)c1. The lowest BCUT2D eigenvalue weighted by Crippen LogP contribution is -2.30. The van der Waals surface area contributed by atoms with Crippen molar-refractivity contribution in [3.05, 3.63) is 539 Å². The Morgan fingerprint density at radius 1 is 0.163 bits per heavy atom. The first-order valence-corrected chi connectivity index (χ1v) is 49.4. The van der Waals surface area contributed by atoms with E-state index in [0.717, 1.165) is 56.9 Å². The third-order valence-electron chi connectivity index (χ3n) is 27.8. The molecule has 0 N–H and O–H groups in total. The Kier molecular flexibility index (Phi) is 28.8. The zero-order chi connectivity index (χ0) is 96.3. The molecule has 0 bridgehead atoms. The van der Waals surface area contributed by atoms with E-state index in [0.29, 0.717) is 0 Å². The molecule has 0 atom stereocenters. The van der Waals surface area contributed by atoms with Crippen molar-refractivity contribution >= 4 is 124 Å². The van der Waals surface area contributed by atoms with Gasteiger partial charge < -0.3 is 29.4 Å². The van der Waals surface area contributed by atoms with Crippen molar-refractivity contribution in [2.45, 2.75) is 128 Å². The van der Waals surface area contributed by atoms with Crippen LogP contribution in [0.1, 0.15) is 117 Å². The molecular formula is C135H126N6. The predicted octanol–water partition coefficient (Wildman–Crippen LogP) is 39.1. The molecule has 0 unspecified atom stereocenters. The molecule has 141 heavy (non-hydrogen) atoms. The van der Waals surface area contributed by atoms with Crippen LogP contribution in [-0.2, 0) is 5.41 Å². The van der Waals surface area contributed by atoms with Gasteiger partial charge in [0, 0.05) is 107 Å². The number of benzene rings is 20. The van der Waals surface area contributed by atoms with Crippen LogP contribution in [0.5, 0.6) is 0 Å². The molecule has 0 heterocycles. The molecule has 0 aromatic heterocycles. The van der Waals surface area contributed by atoms with E-state index in [1.807, 2.05) is 0 Å². The normalized spacial score (nSPS) is 12.0. The van der Waals surface area contributed by atoms with Gasteiger partial charge in [0.15, 0.2) is 0 Å². The predicted molar refractivity (Wildman–Crippen MR) is 607 cm³/mol. The molecule has 6 heteroatoms. The molecule has 21 rings (SSSR count). The molecule has 0 aliphatic heterocycles. The van der Waals surface area contributed by atoms with Crippen molar-refractivity contribution in [3.63, 3.8) is 0 Å². The number of anilines is 18. The Morgan fingerprint density at radius 2 is 0.376 bits per heavy atom. The second kappa shape index (κ2) is 42.8. The maximum absolute atomic E-state index is 2.40. The van der Waals surface area contributed by atoms with Gasteiger partial charge in [0.05, 0.1) is 11.4 Å². The number of hydrogen-bond acceptors (Lipinski definition) is 6. The minimum absolute atomic E-state index is 0. The molecule has 1 saturated carbocycles. The lowest BCUT2D eigenvalue weighted by molar-refractivity contribution is 0.346. The largest absolute Gasteiger partial charge is 0.311 e. The zero-order valence-electron chi connectivity index (χ0n) is 82.6. The minimum atomic E-state index is 0. The van der Waals surface area contributed by atoms with E-state index in [2.05, 4.69) is 574 Å². The van der Waals surface area contributed by atoms with Crippen LogP contribution in [-0.4, -0.2) is 0 Å². The molecule has 1 aliphatic rings. The Morgan fingerprint density at radius 3 is 0.652 bits per heavy atom. The van der Waals surface area contributed by atoms with Gasteiger partial charge in [-0.05, 0) is 391 Å². The maximum Gasteiger partial charge on any atom is 0.0540 e. The number of para-hydroxylation sites is 2. The highest BCUT2D eigenvalue weighted by molar-refractivity contribution is 6.01. The summed E-state index contributed by atoms with van der Waals surface area (Å²) >= 11 is 0. The standard InChI is InChI=1S/C46H36N2.C46H46N2.C42H40N2.CH4/c1-33-31-39(47(37-19-5-3-6-20-37)45-25-13-17-35-15-9-11-23-43(35)45)27-29-41(33)42-30-28-40(32-34(42)2)48(38-21-7-4-8-22-38)46-26-14-18-36-16-10-12-24-44(36)46;1-34-8-20-40(21-9-34)47(41-22-10-35(2)11-23-41)44-28-16-38(17-29-44)46(32-6-5-7-33-46)39-18-30-45(31-19-39)48(42-24-12-36(3)13-25-42)43-26-14-37(4)15-27-43;1-29-11-7-15-35(23-29)43(36-16-8-12-30(2)24-36)39-19-21-41(33(5)27-39)42-22-20-40(28-34(42)6)44(37-17-9-13-31(3)25-37)38-18-10-14-32(4)26-38;/h3-32H,1-2H3;8-31H,5-7,32-33H2,1-4H3;7-28H,1-6H3;1H4. The number of nitrogens with zero attached hydrogens (tertiary/aromatic N) is 6. The fourth-order valence-electron chi connectivity index (χ4n) is 20.6. The van der Waals surface area contributed by atoms with Gasteiger partial charge in [-0.15, -0.1) is 0 Å². The summed E-state index contributed by atoms with van der Waals surface area (Å²) in [4.78, 5) is 14.2. The van der Waals surface area contributed by atoms with Crippen LogP contribution in [0.25, 0.3) is 43.8 Å². The third-order valence-corrected chi connectivity index (χ3v) is 27.8. The van der Waals surface area contributed by atoms with Crippen LogP contribution < -0.4 is 29.4 Å². The lowest BCUT2D eigenvalue weighted by atomic mass is 9.65. The van der Waals surface area contributed by atoms with Gasteiger partial charge in [-0.3, -0.25) is 0 Å². The van der Waals surface area contributed by atoms with E-state index in [9.17, 15) is 0 Å². The smallest absolute Gasteiger partial charge is 0.0540 e. The van der Waals surface area contributed by atoms with Crippen LogP contribution in [0, 0.1) is 83.1 Å². The van der Waals surface area contributed by atoms with Crippen molar-refractivity contribution in [2.24, 2.45) is 0 Å². The van der Waals surface area contributed by atoms with Gasteiger partial charge >= 0.3 is 0 Å². The Bertz CT molecular complexity index is 7070. The van der Waals surface area contributed by atoms with E-state index in [-0.39, 0.29) is 12.8 Å². The molecular weight excluding hydrogens is 1710 g/mol. The summed E-state index contributed by atoms with van der Waals surface area (Å²) in [5, 5.41) is 4.92. The van der Waals surface area contributed by atoms with Crippen molar-refractivity contribution in [1.29, 1.82) is 0 Å². The topological polar surface area (TPSA) is 19.4 Å². The first-order chi connectivity index (χ1) is 68.3. The molecule has 6 nitrogen and oxygen atoms in total. The van der Waals surface area contributed by atoms with E-state index >= 15 is 0 Å². The lowest BCUT2D eigenvalue weighted by Gasteiger charge is -2.39. The van der Waals surface area contributed by atoms with Gasteiger partial charge in [0.25, 0.3) is 0 Å². The number of rotatable bonds is 22. The van der Waals surface area contributed by atoms with Gasteiger partial charge in [0.2, 0.25) is 0 Å². The zero-order valence-corrected chi connectivity index (χ0v) is 82.6. The number of hydrogen-bond donors (Lipinski definition) is 0. The minimum Gasteiger partial charge on any atom is -0.311 e. The Hall–Kier alpha value is -16.3. The maximum atomic E-state index is 2.40. The molecule has 1 aliphatic carbocycles. The van der Waals surface area contributed by atoms with Gasteiger partial charge in [-0.1, -0.05) is 304 Å². The average Bonchev–Trinajstić information content (AvgIpc) is 0.748.